The maximum Gasteiger partial charge on any atom is 0.303 e. The van der Waals surface area contributed by atoms with Crippen molar-refractivity contribution in [2.75, 3.05) is 0 Å². The highest BCUT2D eigenvalue weighted by Gasteiger charge is 2.59. The van der Waals surface area contributed by atoms with E-state index in [2.05, 4.69) is 46.0 Å². The Hall–Kier alpha value is -1.32. The van der Waals surface area contributed by atoms with Crippen molar-refractivity contribution in [3.63, 3.8) is 0 Å². The molecule has 0 aliphatic heterocycles. The van der Waals surface area contributed by atoms with E-state index in [4.69, 9.17) is 5.11 Å². The van der Waals surface area contributed by atoms with Crippen LogP contribution in [0.3, 0.4) is 0 Å². The molecule has 0 aromatic carbocycles. The van der Waals surface area contributed by atoms with Crippen LogP contribution in [0.25, 0.3) is 0 Å². The molecule has 0 heterocycles. The molecule has 0 saturated heterocycles. The number of rotatable bonds is 11. The van der Waals surface area contributed by atoms with Crippen LogP contribution in [0.2, 0.25) is 0 Å². The van der Waals surface area contributed by atoms with Crippen molar-refractivity contribution < 1.29 is 14.7 Å². The second-order valence-corrected chi connectivity index (χ2v) is 14.4. The van der Waals surface area contributed by atoms with E-state index in [9.17, 15) is 9.59 Å². The summed E-state index contributed by atoms with van der Waals surface area (Å²) < 4.78 is 0. The second kappa shape index (κ2) is 11.8. The van der Waals surface area contributed by atoms with Crippen molar-refractivity contribution >= 4 is 11.9 Å². The third-order valence-electron chi connectivity index (χ3n) is 11.7. The summed E-state index contributed by atoms with van der Waals surface area (Å²) in [5.74, 6) is 4.47. The summed E-state index contributed by atoms with van der Waals surface area (Å²) in [4.78, 5) is 23.2. The van der Waals surface area contributed by atoms with E-state index >= 15 is 0 Å². The van der Waals surface area contributed by atoms with Gasteiger partial charge in [-0.05, 0) is 111 Å². The van der Waals surface area contributed by atoms with Crippen LogP contribution >= 0.6 is 0 Å². The van der Waals surface area contributed by atoms with E-state index in [0.29, 0.717) is 30.1 Å². The maximum absolute atomic E-state index is 12.5. The Morgan fingerprint density at radius 2 is 1.73 bits per heavy atom. The van der Waals surface area contributed by atoms with Crippen LogP contribution in [0.15, 0.2) is 11.6 Å². The Morgan fingerprint density at radius 1 is 0.973 bits per heavy atom. The summed E-state index contributed by atoms with van der Waals surface area (Å²) in [7, 11) is 0. The standard InChI is InChI=1S/C33H55NO3/c1-22(2)9-8-10-23(3)27-15-16-28-26-14-13-24-21-25(34-30(35)11-6-7-12-31(36)37)17-19-32(24,4)29(26)18-20-33(27,28)5/h13,22-23,25-29H,6-12,14-21H2,1-5H3,(H,34,35)(H,36,37). The fraction of sp³-hybridized carbons (Fsp3) is 0.879. The zero-order valence-corrected chi connectivity index (χ0v) is 24.5. The highest BCUT2D eigenvalue weighted by molar-refractivity contribution is 5.76. The first-order valence-electron chi connectivity index (χ1n) is 15.7. The van der Waals surface area contributed by atoms with Crippen molar-refractivity contribution in [3.8, 4) is 0 Å². The van der Waals surface area contributed by atoms with Gasteiger partial charge in [-0.1, -0.05) is 65.5 Å². The molecule has 4 rings (SSSR count). The summed E-state index contributed by atoms with van der Waals surface area (Å²) >= 11 is 0. The van der Waals surface area contributed by atoms with Crippen LogP contribution in [0.1, 0.15) is 131 Å². The monoisotopic (exact) mass is 513 g/mol. The molecular weight excluding hydrogens is 458 g/mol. The van der Waals surface area contributed by atoms with Gasteiger partial charge in [-0.25, -0.2) is 0 Å². The first kappa shape index (κ1) is 28.7. The van der Waals surface area contributed by atoms with Gasteiger partial charge < -0.3 is 10.4 Å². The van der Waals surface area contributed by atoms with Crippen molar-refractivity contribution in [2.45, 2.75) is 137 Å². The largest absolute Gasteiger partial charge is 0.481 e. The summed E-state index contributed by atoms with van der Waals surface area (Å²) in [5, 5.41) is 12.1. The molecule has 4 nitrogen and oxygen atoms in total. The molecule has 3 saturated carbocycles. The predicted molar refractivity (Wildman–Crippen MR) is 151 cm³/mol. The first-order valence-corrected chi connectivity index (χ1v) is 15.7. The van der Waals surface area contributed by atoms with Crippen LogP contribution < -0.4 is 5.32 Å². The highest BCUT2D eigenvalue weighted by Crippen LogP contribution is 2.67. The van der Waals surface area contributed by atoms with Gasteiger partial charge in [0.2, 0.25) is 5.91 Å². The van der Waals surface area contributed by atoms with Gasteiger partial charge in [0.1, 0.15) is 0 Å². The third-order valence-corrected chi connectivity index (χ3v) is 11.7. The number of carbonyl (C=O) groups excluding carboxylic acids is 1. The number of unbranched alkanes of at least 4 members (excludes halogenated alkanes) is 1. The SMILES string of the molecule is CC(C)CCCC(C)C1CCC2C3CC=C4CC(NC(=O)CCCCC(=O)O)CCC4(C)C3CCC12C. The summed E-state index contributed by atoms with van der Waals surface area (Å²) in [6.45, 7) is 12.5. The molecule has 0 aromatic heterocycles. The minimum Gasteiger partial charge on any atom is -0.481 e. The zero-order chi connectivity index (χ0) is 26.8. The number of carboxylic acids is 1. The van der Waals surface area contributed by atoms with Gasteiger partial charge in [0.15, 0.2) is 0 Å². The van der Waals surface area contributed by atoms with E-state index in [0.717, 1.165) is 48.3 Å². The van der Waals surface area contributed by atoms with Crippen LogP contribution in [-0.2, 0) is 9.59 Å². The molecular formula is C33H55NO3. The highest BCUT2D eigenvalue weighted by atomic mass is 16.4. The van der Waals surface area contributed by atoms with Crippen molar-refractivity contribution in [2.24, 2.45) is 46.3 Å². The van der Waals surface area contributed by atoms with Gasteiger partial charge in [-0.15, -0.1) is 0 Å². The number of fused-ring (bicyclic) bond motifs is 5. The Bertz CT molecular complexity index is 849. The van der Waals surface area contributed by atoms with Gasteiger partial charge in [0.05, 0.1) is 0 Å². The molecule has 8 atom stereocenters. The lowest BCUT2D eigenvalue weighted by molar-refractivity contribution is -0.137. The lowest BCUT2D eigenvalue weighted by Gasteiger charge is -2.58. The van der Waals surface area contributed by atoms with E-state index in [1.807, 2.05) is 0 Å². The van der Waals surface area contributed by atoms with Gasteiger partial charge in [0.25, 0.3) is 0 Å². The predicted octanol–water partition coefficient (Wildman–Crippen LogP) is 8.16. The molecule has 8 unspecified atom stereocenters. The second-order valence-electron chi connectivity index (χ2n) is 14.4. The summed E-state index contributed by atoms with van der Waals surface area (Å²) in [6, 6.07) is 0.249. The topological polar surface area (TPSA) is 66.4 Å². The van der Waals surface area contributed by atoms with E-state index in [-0.39, 0.29) is 18.4 Å². The number of allylic oxidation sites excluding steroid dienone is 1. The lowest BCUT2D eigenvalue weighted by Crippen LogP contribution is -2.52. The first-order chi connectivity index (χ1) is 17.5. The Morgan fingerprint density at radius 3 is 2.46 bits per heavy atom. The number of hydrogen-bond acceptors (Lipinski definition) is 2. The summed E-state index contributed by atoms with van der Waals surface area (Å²) in [6.07, 6.45) is 18.9. The fourth-order valence-electron chi connectivity index (χ4n) is 9.67. The number of aliphatic carboxylic acids is 1. The fourth-order valence-corrected chi connectivity index (χ4v) is 9.67. The molecule has 37 heavy (non-hydrogen) atoms. The molecule has 1 amide bonds. The minimum absolute atomic E-state index is 0.0984. The molecule has 0 aromatic rings. The smallest absolute Gasteiger partial charge is 0.303 e. The van der Waals surface area contributed by atoms with Crippen molar-refractivity contribution in [1.29, 1.82) is 0 Å². The normalized spacial score (nSPS) is 37.8. The molecule has 210 valence electrons. The number of carbonyl (C=O) groups is 2. The number of carboxylic acid groups (broad SMARTS) is 1. The van der Waals surface area contributed by atoms with Crippen molar-refractivity contribution in [3.05, 3.63) is 11.6 Å². The van der Waals surface area contributed by atoms with Crippen LogP contribution in [0, 0.1) is 46.3 Å². The summed E-state index contributed by atoms with van der Waals surface area (Å²) in [5.41, 5.74) is 2.47. The third kappa shape index (κ3) is 6.14. The minimum atomic E-state index is -0.776. The Balaban J connectivity index is 1.35. The van der Waals surface area contributed by atoms with E-state index in [1.165, 1.54) is 57.8 Å². The maximum atomic E-state index is 12.5. The molecule has 3 fully saturated rings. The molecule has 0 bridgehead atoms. The average Bonchev–Trinajstić information content (AvgIpc) is 3.19. The molecule has 2 N–H and O–H groups in total. The molecule has 4 aliphatic rings. The van der Waals surface area contributed by atoms with Crippen LogP contribution in [0.4, 0.5) is 0 Å². The van der Waals surface area contributed by atoms with Gasteiger partial charge in [-0.2, -0.15) is 0 Å². The lowest BCUT2D eigenvalue weighted by atomic mass is 9.47. The Kier molecular flexibility index (Phi) is 9.17. The molecule has 4 aliphatic carbocycles. The molecule has 4 heteroatoms. The van der Waals surface area contributed by atoms with Gasteiger partial charge in [0, 0.05) is 18.9 Å². The molecule has 0 spiro atoms. The number of amides is 1. The van der Waals surface area contributed by atoms with Crippen molar-refractivity contribution in [1.82, 2.24) is 5.32 Å². The van der Waals surface area contributed by atoms with Gasteiger partial charge in [-0.3, -0.25) is 9.59 Å². The molecule has 0 radical (unpaired) electrons. The van der Waals surface area contributed by atoms with Gasteiger partial charge >= 0.3 is 5.97 Å². The zero-order valence-electron chi connectivity index (χ0n) is 24.5. The van der Waals surface area contributed by atoms with E-state index < -0.39 is 5.97 Å². The van der Waals surface area contributed by atoms with Crippen LogP contribution in [-0.4, -0.2) is 23.0 Å². The average molecular weight is 514 g/mol. The number of nitrogens with one attached hydrogen (secondary N) is 1. The number of hydrogen-bond donors (Lipinski definition) is 2. The quantitative estimate of drug-likeness (QED) is 0.216. The van der Waals surface area contributed by atoms with Crippen LogP contribution in [0.5, 0.6) is 0 Å². The van der Waals surface area contributed by atoms with E-state index in [1.54, 1.807) is 5.57 Å². The Labute approximate surface area is 226 Å².